The first-order valence-corrected chi connectivity index (χ1v) is 9.79. The maximum absolute atomic E-state index is 12.4. The van der Waals surface area contributed by atoms with Gasteiger partial charge in [-0.05, 0) is 19.1 Å². The summed E-state index contributed by atoms with van der Waals surface area (Å²) in [6, 6.07) is 13.9. The average Bonchev–Trinajstić information content (AvgIpc) is 3.39. The number of aromatic nitrogens is 4. The summed E-state index contributed by atoms with van der Waals surface area (Å²) < 4.78 is 1.69. The van der Waals surface area contributed by atoms with E-state index in [0.717, 1.165) is 21.8 Å². The Hall–Kier alpha value is -3.32. The lowest BCUT2D eigenvalue weighted by atomic mass is 10.2. The summed E-state index contributed by atoms with van der Waals surface area (Å²) in [4.78, 5) is 21.3. The number of carbonyl (C=O) groups is 1. The van der Waals surface area contributed by atoms with Crippen molar-refractivity contribution in [2.75, 3.05) is 0 Å². The van der Waals surface area contributed by atoms with E-state index >= 15 is 0 Å². The fourth-order valence-electron chi connectivity index (χ4n) is 2.81. The third kappa shape index (κ3) is 4.15. The normalized spacial score (nSPS) is 10.8. The Morgan fingerprint density at radius 1 is 1.14 bits per heavy atom. The van der Waals surface area contributed by atoms with E-state index in [0.29, 0.717) is 12.4 Å². The third-order valence-electron chi connectivity index (χ3n) is 4.26. The molecular formula is C21H19N5OS. The molecule has 1 aromatic carbocycles. The Morgan fingerprint density at radius 3 is 2.79 bits per heavy atom. The number of rotatable bonds is 6. The second kappa shape index (κ2) is 8.14. The first kappa shape index (κ1) is 18.1. The van der Waals surface area contributed by atoms with Gasteiger partial charge in [-0.15, -0.1) is 11.3 Å². The number of pyridine rings is 1. The lowest BCUT2D eigenvalue weighted by Crippen LogP contribution is -2.25. The Kier molecular flexibility index (Phi) is 5.25. The van der Waals surface area contributed by atoms with Crippen molar-refractivity contribution in [2.45, 2.75) is 19.9 Å². The molecule has 0 bridgehead atoms. The number of nitrogens with one attached hydrogen (secondary N) is 1. The lowest BCUT2D eigenvalue weighted by molar-refractivity contribution is -0.120. The second-order valence-electron chi connectivity index (χ2n) is 6.40. The largest absolute Gasteiger partial charge is 0.352 e. The number of hydrogen-bond acceptors (Lipinski definition) is 5. The number of benzene rings is 1. The average molecular weight is 389 g/mol. The highest BCUT2D eigenvalue weighted by atomic mass is 32.1. The molecule has 7 heteroatoms. The van der Waals surface area contributed by atoms with Crippen LogP contribution in [0.15, 0.2) is 66.4 Å². The number of nitrogens with zero attached hydrogens (tertiary/aromatic N) is 4. The molecule has 3 aromatic heterocycles. The maximum Gasteiger partial charge on any atom is 0.226 e. The first-order chi connectivity index (χ1) is 13.7. The zero-order chi connectivity index (χ0) is 19.3. The molecule has 1 amide bonds. The molecule has 4 rings (SSSR count). The molecule has 0 aliphatic rings. The Labute approximate surface area is 166 Å². The van der Waals surface area contributed by atoms with Gasteiger partial charge in [0.1, 0.15) is 5.01 Å². The molecule has 28 heavy (non-hydrogen) atoms. The Balaban J connectivity index is 1.39. The summed E-state index contributed by atoms with van der Waals surface area (Å²) in [7, 11) is 0. The van der Waals surface area contributed by atoms with Gasteiger partial charge in [0.25, 0.3) is 0 Å². The van der Waals surface area contributed by atoms with Gasteiger partial charge < -0.3 is 5.32 Å². The van der Waals surface area contributed by atoms with Crippen molar-refractivity contribution < 1.29 is 4.79 Å². The molecule has 0 spiro atoms. The number of amides is 1. The van der Waals surface area contributed by atoms with E-state index in [1.54, 1.807) is 28.4 Å². The minimum atomic E-state index is -0.0731. The van der Waals surface area contributed by atoms with E-state index in [9.17, 15) is 4.79 Å². The first-order valence-electron chi connectivity index (χ1n) is 8.91. The molecule has 4 aromatic rings. The smallest absolute Gasteiger partial charge is 0.226 e. The lowest BCUT2D eigenvalue weighted by Gasteiger charge is -2.09. The Morgan fingerprint density at radius 2 is 2.00 bits per heavy atom. The summed E-state index contributed by atoms with van der Waals surface area (Å²) in [6.45, 7) is 2.44. The van der Waals surface area contributed by atoms with E-state index in [4.69, 9.17) is 0 Å². The SMILES string of the molecule is Cc1ccc(-c2nc(CC(=O)NCc3cccnc3-n3cccn3)cs2)cc1. The minimum Gasteiger partial charge on any atom is -0.352 e. The number of aryl methyl sites for hydroxylation is 1. The number of hydrogen-bond donors (Lipinski definition) is 1. The van der Waals surface area contributed by atoms with Gasteiger partial charge in [0, 0.05) is 41.6 Å². The molecule has 0 atom stereocenters. The summed E-state index contributed by atoms with van der Waals surface area (Å²) in [5, 5.41) is 10.0. The van der Waals surface area contributed by atoms with Crippen molar-refractivity contribution in [3.05, 3.63) is 83.3 Å². The van der Waals surface area contributed by atoms with Crippen LogP contribution in [-0.4, -0.2) is 25.7 Å². The highest BCUT2D eigenvalue weighted by molar-refractivity contribution is 7.13. The zero-order valence-electron chi connectivity index (χ0n) is 15.4. The minimum absolute atomic E-state index is 0.0731. The monoisotopic (exact) mass is 389 g/mol. The molecule has 1 N–H and O–H groups in total. The van der Waals surface area contributed by atoms with Crippen LogP contribution in [0.25, 0.3) is 16.4 Å². The van der Waals surface area contributed by atoms with Crippen LogP contribution in [0, 0.1) is 6.92 Å². The second-order valence-corrected chi connectivity index (χ2v) is 7.26. The van der Waals surface area contributed by atoms with Crippen molar-refractivity contribution >= 4 is 17.2 Å². The molecule has 0 fully saturated rings. The molecule has 0 radical (unpaired) electrons. The van der Waals surface area contributed by atoms with Crippen LogP contribution in [0.1, 0.15) is 16.8 Å². The molecule has 0 aliphatic carbocycles. The highest BCUT2D eigenvalue weighted by Gasteiger charge is 2.11. The van der Waals surface area contributed by atoms with Gasteiger partial charge in [0.15, 0.2) is 5.82 Å². The van der Waals surface area contributed by atoms with Crippen LogP contribution in [0.3, 0.4) is 0 Å². The van der Waals surface area contributed by atoms with Crippen molar-refractivity contribution in [3.63, 3.8) is 0 Å². The highest BCUT2D eigenvalue weighted by Crippen LogP contribution is 2.24. The van der Waals surface area contributed by atoms with E-state index in [1.807, 2.05) is 29.8 Å². The van der Waals surface area contributed by atoms with Crippen LogP contribution >= 0.6 is 11.3 Å². The number of carbonyl (C=O) groups excluding carboxylic acids is 1. The maximum atomic E-state index is 12.4. The molecule has 0 saturated carbocycles. The molecule has 6 nitrogen and oxygen atoms in total. The van der Waals surface area contributed by atoms with Gasteiger partial charge in [-0.25, -0.2) is 14.6 Å². The molecule has 3 heterocycles. The van der Waals surface area contributed by atoms with E-state index in [1.165, 1.54) is 5.56 Å². The van der Waals surface area contributed by atoms with Gasteiger partial charge in [-0.1, -0.05) is 35.9 Å². The van der Waals surface area contributed by atoms with Crippen LogP contribution in [-0.2, 0) is 17.8 Å². The number of thiazole rings is 1. The van der Waals surface area contributed by atoms with E-state index in [2.05, 4.69) is 51.6 Å². The van der Waals surface area contributed by atoms with Crippen molar-refractivity contribution in [1.29, 1.82) is 0 Å². The fraction of sp³-hybridized carbons (Fsp3) is 0.143. The van der Waals surface area contributed by atoms with Crippen molar-refractivity contribution in [3.8, 4) is 16.4 Å². The Bertz CT molecular complexity index is 1070. The fourth-order valence-corrected chi connectivity index (χ4v) is 3.63. The quantitative estimate of drug-likeness (QED) is 0.547. The summed E-state index contributed by atoms with van der Waals surface area (Å²) in [5.41, 5.74) is 3.96. The zero-order valence-corrected chi connectivity index (χ0v) is 16.2. The summed E-state index contributed by atoms with van der Waals surface area (Å²) in [6.07, 6.45) is 5.49. The van der Waals surface area contributed by atoms with Crippen LogP contribution in [0.2, 0.25) is 0 Å². The van der Waals surface area contributed by atoms with E-state index in [-0.39, 0.29) is 12.3 Å². The van der Waals surface area contributed by atoms with Crippen molar-refractivity contribution in [1.82, 2.24) is 25.1 Å². The van der Waals surface area contributed by atoms with Gasteiger partial charge in [0.05, 0.1) is 12.1 Å². The standard InChI is InChI=1S/C21H19N5OS/c1-15-5-7-16(8-6-15)21-25-18(14-28-21)12-19(27)23-13-17-4-2-9-22-20(17)26-11-3-10-24-26/h2-11,14H,12-13H2,1H3,(H,23,27). The third-order valence-corrected chi connectivity index (χ3v) is 5.20. The molecule has 0 unspecified atom stereocenters. The van der Waals surface area contributed by atoms with Gasteiger partial charge in [-0.3, -0.25) is 4.79 Å². The predicted molar refractivity (Wildman–Crippen MR) is 109 cm³/mol. The summed E-state index contributed by atoms with van der Waals surface area (Å²) >= 11 is 1.55. The predicted octanol–water partition coefficient (Wildman–Crippen LogP) is 3.56. The topological polar surface area (TPSA) is 72.7 Å². The van der Waals surface area contributed by atoms with Crippen molar-refractivity contribution in [2.24, 2.45) is 0 Å². The molecular weight excluding hydrogens is 370 g/mol. The van der Waals surface area contributed by atoms with Crippen LogP contribution in [0.4, 0.5) is 0 Å². The van der Waals surface area contributed by atoms with Gasteiger partial charge in [0.2, 0.25) is 5.91 Å². The molecule has 140 valence electrons. The van der Waals surface area contributed by atoms with Gasteiger partial charge in [-0.2, -0.15) is 5.10 Å². The van der Waals surface area contributed by atoms with Gasteiger partial charge >= 0.3 is 0 Å². The summed E-state index contributed by atoms with van der Waals surface area (Å²) in [5.74, 6) is 0.638. The molecule has 0 aliphatic heterocycles. The van der Waals surface area contributed by atoms with Crippen LogP contribution < -0.4 is 5.32 Å². The van der Waals surface area contributed by atoms with E-state index < -0.39 is 0 Å². The molecule has 0 saturated heterocycles. The van der Waals surface area contributed by atoms with Crippen LogP contribution in [0.5, 0.6) is 0 Å².